The Morgan fingerprint density at radius 2 is 1.53 bits per heavy atom. The van der Waals surface area contributed by atoms with Crippen LogP contribution in [-0.4, -0.2) is 38.2 Å². The highest BCUT2D eigenvalue weighted by molar-refractivity contribution is 6.27. The summed E-state index contributed by atoms with van der Waals surface area (Å²) >= 11 is 0. The van der Waals surface area contributed by atoms with E-state index in [2.05, 4.69) is 0 Å². The van der Waals surface area contributed by atoms with Crippen molar-refractivity contribution in [2.45, 2.75) is 6.42 Å². The molecule has 0 spiro atoms. The molecule has 1 rings (SSSR count). The summed E-state index contributed by atoms with van der Waals surface area (Å²) in [6, 6.07) is 5.80. The second kappa shape index (κ2) is 7.37. The number of hydrogen-bond donors (Lipinski definition) is 3. The molecule has 0 saturated heterocycles. The van der Waals surface area contributed by atoms with Crippen molar-refractivity contribution in [1.29, 1.82) is 0 Å². The van der Waals surface area contributed by atoms with Gasteiger partial charge in [0.2, 0.25) is 0 Å². The number of carboxylic acids is 3. The summed E-state index contributed by atoms with van der Waals surface area (Å²) in [7, 11) is 0. The van der Waals surface area contributed by atoms with Gasteiger partial charge in [0.05, 0.1) is 11.3 Å². The highest BCUT2D eigenvalue weighted by Crippen LogP contribution is 2.17. The summed E-state index contributed by atoms with van der Waals surface area (Å²) in [4.78, 5) is 38.4. The quantitative estimate of drug-likeness (QED) is 0.404. The lowest BCUT2D eigenvalue weighted by Gasteiger charge is -1.97. The standard InChI is InChI=1S/C8H7NO4.C2H2O4/c10-8(11)5-6-3-1-2-4-7(6)9(12)13;3-1(4)2(5)6/h1-4H,5H2,(H,10,11);(H,3,4)(H,5,6). The molecule has 0 aliphatic rings. The fourth-order valence-electron chi connectivity index (χ4n) is 1.00. The zero-order valence-electron chi connectivity index (χ0n) is 9.35. The molecule has 0 amide bonds. The number of aliphatic carboxylic acids is 3. The molecule has 0 atom stereocenters. The average Bonchev–Trinajstić information content (AvgIpc) is 2.29. The van der Waals surface area contributed by atoms with Gasteiger partial charge in [0.1, 0.15) is 0 Å². The monoisotopic (exact) mass is 271 g/mol. The molecular formula is C10H9NO8. The van der Waals surface area contributed by atoms with Crippen LogP contribution < -0.4 is 0 Å². The Morgan fingerprint density at radius 3 is 1.89 bits per heavy atom. The summed E-state index contributed by atoms with van der Waals surface area (Å²) < 4.78 is 0. The molecule has 0 unspecified atom stereocenters. The molecule has 1 aromatic rings. The topological polar surface area (TPSA) is 155 Å². The van der Waals surface area contributed by atoms with Crippen molar-refractivity contribution in [2.75, 3.05) is 0 Å². The SMILES string of the molecule is O=C(O)C(=O)O.O=C(O)Cc1ccccc1[N+](=O)[O-]. The lowest BCUT2D eigenvalue weighted by Crippen LogP contribution is -2.09. The molecule has 0 saturated carbocycles. The van der Waals surface area contributed by atoms with Crippen LogP contribution in [0.2, 0.25) is 0 Å². The third kappa shape index (κ3) is 6.36. The first kappa shape index (κ1) is 16.0. The number of rotatable bonds is 3. The van der Waals surface area contributed by atoms with E-state index in [1.807, 2.05) is 0 Å². The van der Waals surface area contributed by atoms with Gasteiger partial charge in [-0.3, -0.25) is 14.9 Å². The van der Waals surface area contributed by atoms with Crippen LogP contribution in [0.25, 0.3) is 0 Å². The largest absolute Gasteiger partial charge is 0.481 e. The van der Waals surface area contributed by atoms with Crippen molar-refractivity contribution in [3.8, 4) is 0 Å². The Bertz CT molecular complexity index is 498. The maximum absolute atomic E-state index is 10.4. The Morgan fingerprint density at radius 1 is 1.05 bits per heavy atom. The minimum atomic E-state index is -1.82. The highest BCUT2D eigenvalue weighted by Gasteiger charge is 2.14. The Balaban J connectivity index is 0.000000459. The van der Waals surface area contributed by atoms with Gasteiger partial charge < -0.3 is 15.3 Å². The molecule has 19 heavy (non-hydrogen) atoms. The second-order valence-corrected chi connectivity index (χ2v) is 3.07. The molecule has 1 aromatic carbocycles. The van der Waals surface area contributed by atoms with Crippen molar-refractivity contribution in [1.82, 2.24) is 0 Å². The first-order valence-electron chi connectivity index (χ1n) is 4.66. The number of nitro groups is 1. The Kier molecular flexibility index (Phi) is 6.22. The van der Waals surface area contributed by atoms with Crippen LogP contribution in [0.4, 0.5) is 5.69 Å². The molecule has 0 aliphatic heterocycles. The first-order chi connectivity index (χ1) is 8.75. The summed E-state index contributed by atoms with van der Waals surface area (Å²) in [6.45, 7) is 0. The third-order valence-electron chi connectivity index (χ3n) is 1.71. The predicted octanol–water partition coefficient (Wildman–Crippen LogP) is 0.377. The van der Waals surface area contributed by atoms with E-state index in [-0.39, 0.29) is 17.7 Å². The average molecular weight is 271 g/mol. The van der Waals surface area contributed by atoms with Gasteiger partial charge in [-0.25, -0.2) is 9.59 Å². The molecule has 9 heteroatoms. The molecule has 0 aliphatic carbocycles. The third-order valence-corrected chi connectivity index (χ3v) is 1.71. The predicted molar refractivity (Wildman–Crippen MR) is 59.7 cm³/mol. The highest BCUT2D eigenvalue weighted by atomic mass is 16.6. The number of benzene rings is 1. The molecule has 3 N–H and O–H groups in total. The molecule has 102 valence electrons. The second-order valence-electron chi connectivity index (χ2n) is 3.07. The van der Waals surface area contributed by atoms with Gasteiger partial charge in [-0.15, -0.1) is 0 Å². The van der Waals surface area contributed by atoms with Crippen molar-refractivity contribution in [3.63, 3.8) is 0 Å². The summed E-state index contributed by atoms with van der Waals surface area (Å²) in [5.74, 6) is -4.72. The molecule has 0 aromatic heterocycles. The van der Waals surface area contributed by atoms with Gasteiger partial charge in [-0.1, -0.05) is 18.2 Å². The van der Waals surface area contributed by atoms with Crippen LogP contribution in [0, 0.1) is 10.1 Å². The van der Waals surface area contributed by atoms with Crippen molar-refractivity contribution >= 4 is 23.6 Å². The molecule has 0 fully saturated rings. The van der Waals surface area contributed by atoms with Crippen LogP contribution in [-0.2, 0) is 20.8 Å². The van der Waals surface area contributed by atoms with Crippen molar-refractivity contribution in [2.24, 2.45) is 0 Å². The fourth-order valence-corrected chi connectivity index (χ4v) is 1.00. The van der Waals surface area contributed by atoms with Gasteiger partial charge in [0.15, 0.2) is 0 Å². The van der Waals surface area contributed by atoms with Crippen LogP contribution in [0.3, 0.4) is 0 Å². The summed E-state index contributed by atoms with van der Waals surface area (Å²) in [5.41, 5.74) is 0.0740. The zero-order chi connectivity index (χ0) is 15.0. The van der Waals surface area contributed by atoms with E-state index < -0.39 is 22.8 Å². The molecule has 0 heterocycles. The number of hydrogen-bond acceptors (Lipinski definition) is 5. The van der Waals surface area contributed by atoms with Gasteiger partial charge >= 0.3 is 17.9 Å². The van der Waals surface area contributed by atoms with E-state index in [9.17, 15) is 14.9 Å². The van der Waals surface area contributed by atoms with Crippen LogP contribution in [0.1, 0.15) is 5.56 Å². The van der Waals surface area contributed by atoms with E-state index in [1.54, 1.807) is 6.07 Å². The summed E-state index contributed by atoms with van der Waals surface area (Å²) in [6.07, 6.45) is -0.322. The molecular weight excluding hydrogens is 262 g/mol. The van der Waals surface area contributed by atoms with E-state index in [1.165, 1.54) is 18.2 Å². The summed E-state index contributed by atoms with van der Waals surface area (Å²) in [5, 5.41) is 33.6. The van der Waals surface area contributed by atoms with Crippen molar-refractivity contribution in [3.05, 3.63) is 39.9 Å². The van der Waals surface area contributed by atoms with E-state index in [0.717, 1.165) is 0 Å². The smallest absolute Gasteiger partial charge is 0.414 e. The van der Waals surface area contributed by atoms with E-state index in [0.29, 0.717) is 0 Å². The molecule has 0 bridgehead atoms. The first-order valence-corrected chi connectivity index (χ1v) is 4.66. The van der Waals surface area contributed by atoms with Gasteiger partial charge in [0.25, 0.3) is 5.69 Å². The fraction of sp³-hybridized carbons (Fsp3) is 0.100. The normalized spacial score (nSPS) is 8.84. The van der Waals surface area contributed by atoms with Crippen LogP contribution in [0.15, 0.2) is 24.3 Å². The maximum atomic E-state index is 10.4. The molecule has 0 radical (unpaired) electrons. The van der Waals surface area contributed by atoms with Gasteiger partial charge in [-0.2, -0.15) is 0 Å². The Labute approximate surface area is 105 Å². The maximum Gasteiger partial charge on any atom is 0.414 e. The number of nitrogens with zero attached hydrogens (tertiary/aromatic N) is 1. The molecule has 9 nitrogen and oxygen atoms in total. The van der Waals surface area contributed by atoms with Gasteiger partial charge in [-0.05, 0) is 0 Å². The lowest BCUT2D eigenvalue weighted by molar-refractivity contribution is -0.385. The van der Waals surface area contributed by atoms with E-state index in [4.69, 9.17) is 24.9 Å². The van der Waals surface area contributed by atoms with Crippen LogP contribution in [0.5, 0.6) is 0 Å². The number of carbonyl (C=O) groups is 3. The Hall–Kier alpha value is -2.97. The lowest BCUT2D eigenvalue weighted by atomic mass is 10.1. The van der Waals surface area contributed by atoms with Crippen LogP contribution >= 0.6 is 0 Å². The number of nitro benzene ring substituents is 1. The minimum absolute atomic E-state index is 0.148. The number of carboxylic acid groups (broad SMARTS) is 3. The van der Waals surface area contributed by atoms with Gasteiger partial charge in [0, 0.05) is 11.6 Å². The zero-order valence-corrected chi connectivity index (χ0v) is 9.35. The van der Waals surface area contributed by atoms with Crippen molar-refractivity contribution < 1.29 is 34.6 Å². The number of para-hydroxylation sites is 1. The minimum Gasteiger partial charge on any atom is -0.481 e. The van der Waals surface area contributed by atoms with E-state index >= 15 is 0 Å².